The predicted octanol–water partition coefficient (Wildman–Crippen LogP) is 1.22. The van der Waals surface area contributed by atoms with Gasteiger partial charge in [0.25, 0.3) is 0 Å². The van der Waals surface area contributed by atoms with Crippen LogP contribution in [0.1, 0.15) is 34.1 Å². The second kappa shape index (κ2) is 3.80. The van der Waals surface area contributed by atoms with Gasteiger partial charge in [-0.2, -0.15) is 0 Å². The maximum absolute atomic E-state index is 5.94. The SMILES string of the molecule is CC1OCCC1(CN)N(C)C(C)(C)C. The highest BCUT2D eigenvalue weighted by atomic mass is 16.5. The maximum atomic E-state index is 5.94. The molecule has 14 heavy (non-hydrogen) atoms. The van der Waals surface area contributed by atoms with E-state index >= 15 is 0 Å². The summed E-state index contributed by atoms with van der Waals surface area (Å²) in [5.74, 6) is 0. The van der Waals surface area contributed by atoms with E-state index in [0.29, 0.717) is 6.54 Å². The first-order chi connectivity index (χ1) is 6.34. The lowest BCUT2D eigenvalue weighted by molar-refractivity contribution is -0.0163. The summed E-state index contributed by atoms with van der Waals surface area (Å²) in [5.41, 5.74) is 6.10. The van der Waals surface area contributed by atoms with Gasteiger partial charge in [-0.25, -0.2) is 0 Å². The Kier molecular flexibility index (Phi) is 3.24. The van der Waals surface area contributed by atoms with Crippen molar-refractivity contribution in [1.29, 1.82) is 0 Å². The highest BCUT2D eigenvalue weighted by Crippen LogP contribution is 2.34. The molecule has 1 fully saturated rings. The summed E-state index contributed by atoms with van der Waals surface area (Å²) in [6.45, 7) is 10.3. The van der Waals surface area contributed by atoms with E-state index < -0.39 is 0 Å². The number of hydrogen-bond acceptors (Lipinski definition) is 3. The van der Waals surface area contributed by atoms with Crippen molar-refractivity contribution >= 4 is 0 Å². The van der Waals surface area contributed by atoms with Gasteiger partial charge in [0.1, 0.15) is 0 Å². The number of nitrogens with two attached hydrogens (primary N) is 1. The molecule has 1 aliphatic heterocycles. The van der Waals surface area contributed by atoms with Crippen molar-refractivity contribution in [2.45, 2.75) is 51.3 Å². The molecule has 3 heteroatoms. The summed E-state index contributed by atoms with van der Waals surface area (Å²) in [6, 6.07) is 0. The molecule has 1 heterocycles. The molecule has 0 amide bonds. The number of rotatable bonds is 2. The van der Waals surface area contributed by atoms with Gasteiger partial charge in [0.15, 0.2) is 0 Å². The standard InChI is InChI=1S/C11H24N2O/c1-9-11(8-12,6-7-14-9)13(5)10(2,3)4/h9H,6-8,12H2,1-5H3. The number of ether oxygens (including phenoxy) is 1. The Labute approximate surface area is 87.6 Å². The Hall–Kier alpha value is -0.120. The van der Waals surface area contributed by atoms with Crippen LogP contribution in [0.2, 0.25) is 0 Å². The minimum Gasteiger partial charge on any atom is -0.376 e. The van der Waals surface area contributed by atoms with Crippen LogP contribution in [0.4, 0.5) is 0 Å². The quantitative estimate of drug-likeness (QED) is 0.728. The fourth-order valence-corrected chi connectivity index (χ4v) is 2.28. The molecule has 0 spiro atoms. The van der Waals surface area contributed by atoms with Gasteiger partial charge >= 0.3 is 0 Å². The first kappa shape index (κ1) is 12.0. The fraction of sp³-hybridized carbons (Fsp3) is 1.00. The van der Waals surface area contributed by atoms with Crippen LogP contribution in [-0.4, -0.2) is 42.3 Å². The summed E-state index contributed by atoms with van der Waals surface area (Å²) in [7, 11) is 2.15. The minimum atomic E-state index is 0.0260. The molecular weight excluding hydrogens is 176 g/mol. The van der Waals surface area contributed by atoms with Crippen LogP contribution in [0, 0.1) is 0 Å². The lowest BCUT2D eigenvalue weighted by Crippen LogP contribution is -2.62. The average Bonchev–Trinajstić information content (AvgIpc) is 2.45. The van der Waals surface area contributed by atoms with Crippen LogP contribution < -0.4 is 5.73 Å². The molecule has 0 aromatic rings. The Balaban J connectivity index is 2.90. The molecule has 1 rings (SSSR count). The molecule has 0 saturated carbocycles. The van der Waals surface area contributed by atoms with E-state index in [4.69, 9.17) is 10.5 Å². The first-order valence-electron chi connectivity index (χ1n) is 5.40. The Morgan fingerprint density at radius 2 is 2.07 bits per heavy atom. The molecule has 1 saturated heterocycles. The zero-order valence-electron chi connectivity index (χ0n) is 10.1. The summed E-state index contributed by atoms with van der Waals surface area (Å²) in [4.78, 5) is 2.37. The van der Waals surface area contributed by atoms with Crippen molar-refractivity contribution in [2.24, 2.45) is 5.73 Å². The molecule has 0 aliphatic carbocycles. The summed E-state index contributed by atoms with van der Waals surface area (Å²) >= 11 is 0. The number of nitrogens with zero attached hydrogens (tertiary/aromatic N) is 1. The molecular formula is C11H24N2O. The van der Waals surface area contributed by atoms with E-state index in [1.54, 1.807) is 0 Å². The lowest BCUT2D eigenvalue weighted by Gasteiger charge is -2.47. The van der Waals surface area contributed by atoms with Gasteiger partial charge in [-0.15, -0.1) is 0 Å². The molecule has 2 N–H and O–H groups in total. The lowest BCUT2D eigenvalue weighted by atomic mass is 9.86. The third-order valence-corrected chi connectivity index (χ3v) is 3.69. The van der Waals surface area contributed by atoms with Crippen molar-refractivity contribution in [3.05, 3.63) is 0 Å². The molecule has 2 atom stereocenters. The highest BCUT2D eigenvalue weighted by Gasteiger charge is 2.46. The summed E-state index contributed by atoms with van der Waals surface area (Å²) in [5, 5.41) is 0. The van der Waals surface area contributed by atoms with E-state index in [9.17, 15) is 0 Å². The second-order valence-electron chi connectivity index (χ2n) is 5.30. The molecule has 0 aromatic heterocycles. The van der Waals surface area contributed by atoms with Crippen molar-refractivity contribution in [3.63, 3.8) is 0 Å². The normalized spacial score (nSPS) is 34.1. The van der Waals surface area contributed by atoms with Crippen molar-refractivity contribution in [3.8, 4) is 0 Å². The molecule has 84 valence electrons. The van der Waals surface area contributed by atoms with Gasteiger partial charge in [0, 0.05) is 18.7 Å². The molecule has 3 nitrogen and oxygen atoms in total. The average molecular weight is 200 g/mol. The number of likely N-dealkylation sites (N-methyl/N-ethyl adjacent to an activating group) is 1. The third-order valence-electron chi connectivity index (χ3n) is 3.69. The summed E-state index contributed by atoms with van der Waals surface area (Å²) < 4.78 is 5.65. The Morgan fingerprint density at radius 1 is 1.50 bits per heavy atom. The van der Waals surface area contributed by atoms with Gasteiger partial charge in [0.2, 0.25) is 0 Å². The predicted molar refractivity (Wildman–Crippen MR) is 59.3 cm³/mol. The van der Waals surface area contributed by atoms with Crippen LogP contribution in [0.25, 0.3) is 0 Å². The van der Waals surface area contributed by atoms with Gasteiger partial charge < -0.3 is 10.5 Å². The van der Waals surface area contributed by atoms with Crippen LogP contribution in [0.3, 0.4) is 0 Å². The van der Waals surface area contributed by atoms with Gasteiger partial charge in [0.05, 0.1) is 11.6 Å². The van der Waals surface area contributed by atoms with E-state index in [1.807, 2.05) is 0 Å². The molecule has 0 aromatic carbocycles. The third kappa shape index (κ3) is 1.81. The van der Waals surface area contributed by atoms with Crippen LogP contribution in [-0.2, 0) is 4.74 Å². The van der Waals surface area contributed by atoms with Crippen LogP contribution >= 0.6 is 0 Å². The Morgan fingerprint density at radius 3 is 2.36 bits per heavy atom. The van der Waals surface area contributed by atoms with Gasteiger partial charge in [-0.3, -0.25) is 4.90 Å². The molecule has 2 unspecified atom stereocenters. The van der Waals surface area contributed by atoms with E-state index in [1.165, 1.54) is 0 Å². The first-order valence-corrected chi connectivity index (χ1v) is 5.40. The maximum Gasteiger partial charge on any atom is 0.0743 e. The van der Waals surface area contributed by atoms with Gasteiger partial charge in [-0.05, 0) is 41.2 Å². The highest BCUT2D eigenvalue weighted by molar-refractivity contribution is 5.02. The van der Waals surface area contributed by atoms with Crippen molar-refractivity contribution < 1.29 is 4.74 Å². The van der Waals surface area contributed by atoms with Gasteiger partial charge in [-0.1, -0.05) is 0 Å². The smallest absolute Gasteiger partial charge is 0.0743 e. The van der Waals surface area contributed by atoms with E-state index in [-0.39, 0.29) is 17.2 Å². The topological polar surface area (TPSA) is 38.5 Å². The monoisotopic (exact) mass is 200 g/mol. The zero-order valence-corrected chi connectivity index (χ0v) is 10.1. The molecule has 0 bridgehead atoms. The van der Waals surface area contributed by atoms with E-state index in [0.717, 1.165) is 13.0 Å². The fourth-order valence-electron chi connectivity index (χ4n) is 2.28. The zero-order chi connectivity index (χ0) is 11.0. The van der Waals surface area contributed by atoms with Crippen LogP contribution in [0.15, 0.2) is 0 Å². The minimum absolute atomic E-state index is 0.0260. The Bertz CT molecular complexity index is 200. The van der Waals surface area contributed by atoms with Crippen LogP contribution in [0.5, 0.6) is 0 Å². The molecule has 1 aliphatic rings. The summed E-state index contributed by atoms with van der Waals surface area (Å²) in [6.07, 6.45) is 1.27. The second-order valence-corrected chi connectivity index (χ2v) is 5.30. The molecule has 0 radical (unpaired) electrons. The van der Waals surface area contributed by atoms with Crippen molar-refractivity contribution in [1.82, 2.24) is 4.90 Å². The van der Waals surface area contributed by atoms with Crippen molar-refractivity contribution in [2.75, 3.05) is 20.2 Å². The van der Waals surface area contributed by atoms with E-state index in [2.05, 4.69) is 39.6 Å². The largest absolute Gasteiger partial charge is 0.376 e. The number of hydrogen-bond donors (Lipinski definition) is 1.